The van der Waals surface area contributed by atoms with Crippen molar-refractivity contribution in [3.63, 3.8) is 0 Å². The third kappa shape index (κ3) is 6.41. The van der Waals surface area contributed by atoms with Crippen LogP contribution in [-0.2, 0) is 4.79 Å². The van der Waals surface area contributed by atoms with Crippen LogP contribution in [0.2, 0.25) is 0 Å². The van der Waals surface area contributed by atoms with Gasteiger partial charge in [0.05, 0.1) is 5.41 Å². The van der Waals surface area contributed by atoms with Gasteiger partial charge in [-0.2, -0.15) is 11.8 Å². The van der Waals surface area contributed by atoms with Gasteiger partial charge in [0.2, 0.25) is 5.91 Å². The molecule has 0 aromatic rings. The molecule has 0 atom stereocenters. The van der Waals surface area contributed by atoms with Gasteiger partial charge in [0.25, 0.3) is 0 Å². The summed E-state index contributed by atoms with van der Waals surface area (Å²) in [6.45, 7) is 5.20. The predicted octanol–water partition coefficient (Wildman–Crippen LogP) is 0.287. The summed E-state index contributed by atoms with van der Waals surface area (Å²) in [6, 6.07) is 0. The number of guanidine groups is 1. The first-order valence-electron chi connectivity index (χ1n) is 5.63. The fourth-order valence-electron chi connectivity index (χ4n) is 1.22. The largest absolute Gasteiger partial charge is 0.359 e. The number of aliphatic imine (C=N–C) groups is 1. The number of carbonyl (C=O) groups is 1. The number of nitrogens with zero attached hydrogens (tertiary/aromatic N) is 1. The van der Waals surface area contributed by atoms with E-state index < -0.39 is 5.41 Å². The number of hydrogen-bond acceptors (Lipinski definition) is 3. The smallest absolute Gasteiger partial charge is 0.227 e. The monoisotopic (exact) mass is 260 g/mol. The van der Waals surface area contributed by atoms with Gasteiger partial charge < -0.3 is 16.0 Å². The summed E-state index contributed by atoms with van der Waals surface area (Å²) in [5.74, 6) is 1.78. The van der Waals surface area contributed by atoms with Gasteiger partial charge in [-0.3, -0.25) is 9.79 Å². The lowest BCUT2D eigenvalue weighted by molar-refractivity contribution is -0.128. The number of thioether (sulfide) groups is 1. The Morgan fingerprint density at radius 2 is 2.00 bits per heavy atom. The number of amides is 1. The molecule has 0 unspecified atom stereocenters. The minimum absolute atomic E-state index is 0.0181. The molecular formula is C11H24N4OS. The van der Waals surface area contributed by atoms with Gasteiger partial charge >= 0.3 is 0 Å². The Balaban J connectivity index is 4.10. The normalized spacial score (nSPS) is 12.2. The maximum atomic E-state index is 11.6. The predicted molar refractivity (Wildman–Crippen MR) is 75.6 cm³/mol. The van der Waals surface area contributed by atoms with Crippen molar-refractivity contribution in [3.8, 4) is 0 Å². The average molecular weight is 260 g/mol. The molecule has 0 aliphatic heterocycles. The van der Waals surface area contributed by atoms with Gasteiger partial charge in [0, 0.05) is 32.9 Å². The van der Waals surface area contributed by atoms with E-state index in [9.17, 15) is 4.79 Å². The lowest BCUT2D eigenvalue weighted by Crippen LogP contribution is -2.47. The van der Waals surface area contributed by atoms with Crippen LogP contribution in [0.3, 0.4) is 0 Å². The van der Waals surface area contributed by atoms with Crippen molar-refractivity contribution in [2.24, 2.45) is 10.4 Å². The summed E-state index contributed by atoms with van der Waals surface area (Å²) in [6.07, 6.45) is 2.06. The van der Waals surface area contributed by atoms with E-state index in [0.717, 1.165) is 18.3 Å². The van der Waals surface area contributed by atoms with Crippen LogP contribution in [0.15, 0.2) is 4.99 Å². The molecule has 0 fully saturated rings. The highest BCUT2D eigenvalue weighted by Crippen LogP contribution is 2.12. The molecule has 6 heteroatoms. The third-order valence-electron chi connectivity index (χ3n) is 2.36. The molecule has 0 aromatic heterocycles. The van der Waals surface area contributed by atoms with Crippen LogP contribution < -0.4 is 16.0 Å². The van der Waals surface area contributed by atoms with Gasteiger partial charge in [0.15, 0.2) is 5.96 Å². The molecule has 17 heavy (non-hydrogen) atoms. The van der Waals surface area contributed by atoms with Crippen molar-refractivity contribution in [2.75, 3.05) is 39.2 Å². The molecule has 0 aliphatic rings. The standard InChI is InChI=1S/C11H24N4OS/c1-11(2,9(16)12-3)8-15-10(13-4)14-6-7-17-5/h6-8H2,1-5H3,(H,12,16)(H2,13,14,15). The third-order valence-corrected chi connectivity index (χ3v) is 2.97. The number of nitrogens with one attached hydrogen (secondary N) is 3. The Morgan fingerprint density at radius 3 is 2.47 bits per heavy atom. The minimum Gasteiger partial charge on any atom is -0.359 e. The van der Waals surface area contributed by atoms with E-state index in [0.29, 0.717) is 6.54 Å². The lowest BCUT2D eigenvalue weighted by atomic mass is 9.92. The summed E-state index contributed by atoms with van der Waals surface area (Å²) >= 11 is 1.78. The zero-order valence-electron chi connectivity index (χ0n) is 11.4. The maximum absolute atomic E-state index is 11.6. The molecule has 0 aromatic carbocycles. The molecule has 0 saturated carbocycles. The Labute approximate surface area is 108 Å². The van der Waals surface area contributed by atoms with Crippen LogP contribution in [0.25, 0.3) is 0 Å². The highest BCUT2D eigenvalue weighted by atomic mass is 32.2. The Bertz CT molecular complexity index is 266. The molecule has 0 heterocycles. The van der Waals surface area contributed by atoms with Gasteiger partial charge in [-0.25, -0.2) is 0 Å². The summed E-state index contributed by atoms with van der Waals surface area (Å²) in [5, 5.41) is 9.00. The van der Waals surface area contributed by atoms with Gasteiger partial charge in [-0.1, -0.05) is 0 Å². The molecule has 0 aliphatic carbocycles. The second-order valence-electron chi connectivity index (χ2n) is 4.31. The fourth-order valence-corrected chi connectivity index (χ4v) is 1.52. The lowest BCUT2D eigenvalue weighted by Gasteiger charge is -2.24. The summed E-state index contributed by atoms with van der Waals surface area (Å²) in [7, 11) is 3.37. The first kappa shape index (κ1) is 16.1. The number of carbonyl (C=O) groups excluding carboxylic acids is 1. The zero-order chi connectivity index (χ0) is 13.3. The molecule has 0 bridgehead atoms. The van der Waals surface area contributed by atoms with E-state index in [4.69, 9.17) is 0 Å². The van der Waals surface area contributed by atoms with Crippen molar-refractivity contribution >= 4 is 23.6 Å². The summed E-state index contributed by atoms with van der Waals surface area (Å²) < 4.78 is 0. The second-order valence-corrected chi connectivity index (χ2v) is 5.29. The average Bonchev–Trinajstić information content (AvgIpc) is 2.32. The Hall–Kier alpha value is -0.910. The molecule has 100 valence electrons. The Kier molecular flexibility index (Phi) is 7.78. The highest BCUT2D eigenvalue weighted by Gasteiger charge is 2.26. The first-order valence-corrected chi connectivity index (χ1v) is 7.03. The van der Waals surface area contributed by atoms with Crippen molar-refractivity contribution in [3.05, 3.63) is 0 Å². The van der Waals surface area contributed by atoms with Crippen LogP contribution in [-0.4, -0.2) is 51.1 Å². The van der Waals surface area contributed by atoms with Crippen LogP contribution in [0.5, 0.6) is 0 Å². The fraction of sp³-hybridized carbons (Fsp3) is 0.818. The molecule has 1 amide bonds. The topological polar surface area (TPSA) is 65.5 Å². The minimum atomic E-state index is -0.453. The van der Waals surface area contributed by atoms with E-state index in [1.807, 2.05) is 13.8 Å². The molecule has 0 radical (unpaired) electrons. The van der Waals surface area contributed by atoms with Crippen LogP contribution in [0, 0.1) is 5.41 Å². The van der Waals surface area contributed by atoms with Crippen molar-refractivity contribution in [2.45, 2.75) is 13.8 Å². The SMILES string of the molecule is CN=C(NCCSC)NCC(C)(C)C(=O)NC. The highest BCUT2D eigenvalue weighted by molar-refractivity contribution is 7.98. The molecule has 3 N–H and O–H groups in total. The molecular weight excluding hydrogens is 236 g/mol. The Morgan fingerprint density at radius 1 is 1.35 bits per heavy atom. The van der Waals surface area contributed by atoms with Crippen LogP contribution in [0.1, 0.15) is 13.8 Å². The zero-order valence-corrected chi connectivity index (χ0v) is 12.2. The van der Waals surface area contributed by atoms with E-state index in [2.05, 4.69) is 27.2 Å². The van der Waals surface area contributed by atoms with Gasteiger partial charge in [-0.05, 0) is 20.1 Å². The van der Waals surface area contributed by atoms with E-state index in [1.165, 1.54) is 0 Å². The van der Waals surface area contributed by atoms with E-state index in [1.54, 1.807) is 25.9 Å². The van der Waals surface area contributed by atoms with Crippen molar-refractivity contribution in [1.29, 1.82) is 0 Å². The second kappa shape index (κ2) is 8.22. The number of hydrogen-bond donors (Lipinski definition) is 3. The summed E-state index contributed by atoms with van der Waals surface area (Å²) in [4.78, 5) is 15.7. The quantitative estimate of drug-likeness (QED) is 0.365. The van der Waals surface area contributed by atoms with E-state index in [-0.39, 0.29) is 5.91 Å². The van der Waals surface area contributed by atoms with Crippen molar-refractivity contribution < 1.29 is 4.79 Å². The number of rotatable bonds is 6. The summed E-state index contributed by atoms with van der Waals surface area (Å²) in [5.41, 5.74) is -0.453. The molecule has 0 spiro atoms. The van der Waals surface area contributed by atoms with Crippen LogP contribution >= 0.6 is 11.8 Å². The van der Waals surface area contributed by atoms with Crippen LogP contribution in [0.4, 0.5) is 0 Å². The van der Waals surface area contributed by atoms with Crippen molar-refractivity contribution in [1.82, 2.24) is 16.0 Å². The maximum Gasteiger partial charge on any atom is 0.227 e. The molecule has 5 nitrogen and oxygen atoms in total. The molecule has 0 rings (SSSR count). The van der Waals surface area contributed by atoms with Gasteiger partial charge in [0.1, 0.15) is 0 Å². The first-order chi connectivity index (χ1) is 7.97. The van der Waals surface area contributed by atoms with Gasteiger partial charge in [-0.15, -0.1) is 0 Å². The molecule has 0 saturated heterocycles. The van der Waals surface area contributed by atoms with E-state index >= 15 is 0 Å².